The molecule has 0 heterocycles. The molecule has 0 aliphatic heterocycles. The third-order valence-electron chi connectivity index (χ3n) is 3.13. The van der Waals surface area contributed by atoms with Crippen LogP contribution in [0.3, 0.4) is 0 Å². The van der Waals surface area contributed by atoms with Crippen molar-refractivity contribution in [2.45, 2.75) is 25.7 Å². The van der Waals surface area contributed by atoms with Gasteiger partial charge in [-0.3, -0.25) is 0 Å². The maximum absolute atomic E-state index is 5.40. The molecule has 0 amide bonds. The van der Waals surface area contributed by atoms with Crippen molar-refractivity contribution in [1.82, 2.24) is 0 Å². The average molecular weight is 315 g/mol. The van der Waals surface area contributed by atoms with E-state index in [0.717, 1.165) is 30.5 Å². The fourth-order valence-electron chi connectivity index (χ4n) is 2.10. The van der Waals surface area contributed by atoms with Crippen molar-refractivity contribution in [3.05, 3.63) is 29.8 Å². The summed E-state index contributed by atoms with van der Waals surface area (Å²) >= 11 is 3.62. The van der Waals surface area contributed by atoms with Gasteiger partial charge in [-0.25, -0.2) is 0 Å². The van der Waals surface area contributed by atoms with Gasteiger partial charge in [0.05, 0.1) is 7.11 Å². The fourth-order valence-corrected chi connectivity index (χ4v) is 2.65. The van der Waals surface area contributed by atoms with Crippen molar-refractivity contribution in [1.29, 1.82) is 0 Å². The van der Waals surface area contributed by atoms with Gasteiger partial charge < -0.3 is 9.47 Å². The second-order valence-corrected chi connectivity index (χ2v) is 5.17. The zero-order chi connectivity index (χ0) is 13.2. The number of alkyl halides is 1. The molecule has 0 saturated heterocycles. The third kappa shape index (κ3) is 5.40. The highest BCUT2D eigenvalue weighted by molar-refractivity contribution is 9.09. The van der Waals surface area contributed by atoms with E-state index < -0.39 is 0 Å². The number of halogens is 1. The van der Waals surface area contributed by atoms with Crippen molar-refractivity contribution in [3.63, 3.8) is 0 Å². The Bertz CT molecular complexity index is 328. The van der Waals surface area contributed by atoms with Gasteiger partial charge in [0.25, 0.3) is 0 Å². The van der Waals surface area contributed by atoms with Crippen LogP contribution < -0.4 is 4.74 Å². The predicted octanol–water partition coefficient (Wildman–Crippen LogP) is 4.07. The fraction of sp³-hybridized carbons (Fsp3) is 0.600. The molecule has 1 aromatic carbocycles. The summed E-state index contributed by atoms with van der Waals surface area (Å²) in [6, 6.07) is 8.29. The number of hydrogen-bond donors (Lipinski definition) is 0. The largest absolute Gasteiger partial charge is 0.496 e. The van der Waals surface area contributed by atoms with Crippen LogP contribution in [0.4, 0.5) is 0 Å². The number of para-hydroxylation sites is 1. The topological polar surface area (TPSA) is 18.5 Å². The molecule has 3 heteroatoms. The van der Waals surface area contributed by atoms with E-state index in [1.807, 2.05) is 12.1 Å². The minimum Gasteiger partial charge on any atom is -0.496 e. The molecular formula is C15H23BrO2. The molecule has 0 aliphatic carbocycles. The minimum atomic E-state index is 0.665. The van der Waals surface area contributed by atoms with E-state index in [1.165, 1.54) is 18.4 Å². The Morgan fingerprint density at radius 2 is 1.94 bits per heavy atom. The molecule has 0 aliphatic rings. The van der Waals surface area contributed by atoms with Crippen LogP contribution in [0.15, 0.2) is 24.3 Å². The van der Waals surface area contributed by atoms with Gasteiger partial charge in [0.1, 0.15) is 5.75 Å². The second-order valence-electron chi connectivity index (χ2n) is 4.52. The number of rotatable bonds is 9. The molecule has 1 unspecified atom stereocenters. The van der Waals surface area contributed by atoms with Gasteiger partial charge in [0, 0.05) is 19.0 Å². The van der Waals surface area contributed by atoms with Gasteiger partial charge in [-0.15, -0.1) is 0 Å². The van der Waals surface area contributed by atoms with Crippen LogP contribution in [0.5, 0.6) is 5.75 Å². The van der Waals surface area contributed by atoms with E-state index in [2.05, 4.69) is 28.1 Å². The van der Waals surface area contributed by atoms with Crippen LogP contribution in [-0.2, 0) is 11.2 Å². The zero-order valence-electron chi connectivity index (χ0n) is 11.3. The highest BCUT2D eigenvalue weighted by atomic mass is 79.9. The van der Waals surface area contributed by atoms with Gasteiger partial charge in [-0.2, -0.15) is 0 Å². The molecule has 1 aromatic rings. The number of ether oxygens (including phenoxy) is 2. The molecule has 0 bridgehead atoms. The molecule has 0 spiro atoms. The number of benzene rings is 1. The first-order chi connectivity index (χ1) is 8.81. The summed E-state index contributed by atoms with van der Waals surface area (Å²) < 4.78 is 10.5. The van der Waals surface area contributed by atoms with Gasteiger partial charge in [0.2, 0.25) is 0 Å². The standard InChI is InChI=1S/C15H23BrO2/c1-17-10-6-5-7-13(12-16)11-14-8-3-4-9-15(14)18-2/h3-4,8-9,13H,5-7,10-12H2,1-2H3. The average Bonchev–Trinajstić information content (AvgIpc) is 2.42. The van der Waals surface area contributed by atoms with Crippen LogP contribution in [0.1, 0.15) is 24.8 Å². The first kappa shape index (κ1) is 15.5. The van der Waals surface area contributed by atoms with Crippen molar-refractivity contribution in [2.24, 2.45) is 5.92 Å². The van der Waals surface area contributed by atoms with Crippen LogP contribution in [0, 0.1) is 5.92 Å². The normalized spacial score (nSPS) is 12.4. The van der Waals surface area contributed by atoms with E-state index in [4.69, 9.17) is 9.47 Å². The Hall–Kier alpha value is -0.540. The summed E-state index contributed by atoms with van der Waals surface area (Å²) in [5.74, 6) is 1.67. The Morgan fingerprint density at radius 1 is 1.17 bits per heavy atom. The third-order valence-corrected chi connectivity index (χ3v) is 4.05. The molecule has 2 nitrogen and oxygen atoms in total. The van der Waals surface area contributed by atoms with Crippen molar-refractivity contribution in [2.75, 3.05) is 26.2 Å². The monoisotopic (exact) mass is 314 g/mol. The predicted molar refractivity (Wildman–Crippen MR) is 79.7 cm³/mol. The van der Waals surface area contributed by atoms with Gasteiger partial charge in [-0.1, -0.05) is 40.5 Å². The Labute approximate surface area is 119 Å². The summed E-state index contributed by atoms with van der Waals surface area (Å²) in [6.07, 6.45) is 4.67. The molecule has 102 valence electrons. The first-order valence-electron chi connectivity index (χ1n) is 6.48. The summed E-state index contributed by atoms with van der Waals surface area (Å²) in [6.45, 7) is 0.865. The summed E-state index contributed by atoms with van der Waals surface area (Å²) in [5, 5.41) is 1.04. The quantitative estimate of drug-likeness (QED) is 0.505. The van der Waals surface area contributed by atoms with Crippen molar-refractivity contribution >= 4 is 15.9 Å². The molecule has 1 rings (SSSR count). The summed E-state index contributed by atoms with van der Waals surface area (Å²) in [7, 11) is 3.50. The van der Waals surface area contributed by atoms with E-state index in [-0.39, 0.29) is 0 Å². The molecular weight excluding hydrogens is 292 g/mol. The lowest BCUT2D eigenvalue weighted by Gasteiger charge is -2.16. The van der Waals surface area contributed by atoms with Crippen molar-refractivity contribution < 1.29 is 9.47 Å². The summed E-state index contributed by atoms with van der Waals surface area (Å²) in [5.41, 5.74) is 1.30. The first-order valence-corrected chi connectivity index (χ1v) is 7.60. The van der Waals surface area contributed by atoms with Crippen LogP contribution in [0.25, 0.3) is 0 Å². The number of methoxy groups -OCH3 is 2. The Balaban J connectivity index is 2.46. The smallest absolute Gasteiger partial charge is 0.122 e. The van der Waals surface area contributed by atoms with Crippen LogP contribution in [0.2, 0.25) is 0 Å². The molecule has 0 radical (unpaired) electrons. The van der Waals surface area contributed by atoms with E-state index >= 15 is 0 Å². The highest BCUT2D eigenvalue weighted by Gasteiger charge is 2.11. The van der Waals surface area contributed by atoms with E-state index in [1.54, 1.807) is 14.2 Å². The van der Waals surface area contributed by atoms with Gasteiger partial charge >= 0.3 is 0 Å². The van der Waals surface area contributed by atoms with Crippen LogP contribution in [-0.4, -0.2) is 26.2 Å². The maximum Gasteiger partial charge on any atom is 0.122 e. The lowest BCUT2D eigenvalue weighted by Crippen LogP contribution is -2.08. The molecule has 0 aromatic heterocycles. The van der Waals surface area contributed by atoms with Crippen molar-refractivity contribution in [3.8, 4) is 5.75 Å². The Kier molecular flexibility index (Phi) is 8.10. The lowest BCUT2D eigenvalue weighted by atomic mass is 9.95. The number of unbranched alkanes of at least 4 members (excludes halogenated alkanes) is 1. The molecule has 1 atom stereocenters. The minimum absolute atomic E-state index is 0.665. The Morgan fingerprint density at radius 3 is 2.61 bits per heavy atom. The second kappa shape index (κ2) is 9.40. The van der Waals surface area contributed by atoms with E-state index in [0.29, 0.717) is 5.92 Å². The number of hydrogen-bond acceptors (Lipinski definition) is 2. The van der Waals surface area contributed by atoms with E-state index in [9.17, 15) is 0 Å². The lowest BCUT2D eigenvalue weighted by molar-refractivity contribution is 0.190. The highest BCUT2D eigenvalue weighted by Crippen LogP contribution is 2.24. The maximum atomic E-state index is 5.40. The molecule has 0 saturated carbocycles. The molecule has 0 N–H and O–H groups in total. The summed E-state index contributed by atoms with van der Waals surface area (Å²) in [4.78, 5) is 0. The SMILES string of the molecule is COCCCCC(CBr)Cc1ccccc1OC. The molecule has 18 heavy (non-hydrogen) atoms. The molecule has 0 fully saturated rings. The van der Waals surface area contributed by atoms with Gasteiger partial charge in [-0.05, 0) is 36.8 Å². The van der Waals surface area contributed by atoms with Gasteiger partial charge in [0.15, 0.2) is 0 Å². The van der Waals surface area contributed by atoms with Crippen LogP contribution >= 0.6 is 15.9 Å². The zero-order valence-corrected chi connectivity index (χ0v) is 12.9.